The van der Waals surface area contributed by atoms with E-state index in [4.69, 9.17) is 4.74 Å². The third-order valence-corrected chi connectivity index (χ3v) is 4.90. The fourth-order valence-corrected chi connectivity index (χ4v) is 3.85. The van der Waals surface area contributed by atoms with Gasteiger partial charge < -0.3 is 4.74 Å². The quantitative estimate of drug-likeness (QED) is 0.611. The first-order chi connectivity index (χ1) is 12.8. The van der Waals surface area contributed by atoms with Crippen molar-refractivity contribution in [1.82, 2.24) is 4.98 Å². The Morgan fingerprint density at radius 3 is 2.30 bits per heavy atom. The second-order valence-corrected chi connectivity index (χ2v) is 7.81. The summed E-state index contributed by atoms with van der Waals surface area (Å²) in [5.74, 6) is 0.577. The van der Waals surface area contributed by atoms with Crippen LogP contribution < -0.4 is 10.1 Å². The highest BCUT2D eigenvalue weighted by atomic mass is 32.1. The first kappa shape index (κ1) is 19.1. The zero-order valence-corrected chi connectivity index (χ0v) is 17.1. The van der Waals surface area contributed by atoms with Gasteiger partial charge in [-0.3, -0.25) is 10.1 Å². The number of aromatic nitrogens is 1. The second kappa shape index (κ2) is 7.92. The number of aryl methyl sites for hydroxylation is 3. The van der Waals surface area contributed by atoms with Gasteiger partial charge in [0.05, 0.1) is 11.8 Å². The average Bonchev–Trinajstić information content (AvgIpc) is 3.02. The van der Waals surface area contributed by atoms with E-state index in [-0.39, 0.29) is 12.0 Å². The van der Waals surface area contributed by atoms with Gasteiger partial charge in [-0.05, 0) is 70.0 Å². The van der Waals surface area contributed by atoms with Crippen LogP contribution in [0.15, 0.2) is 41.8 Å². The predicted molar refractivity (Wildman–Crippen MR) is 112 cm³/mol. The fourth-order valence-electron chi connectivity index (χ4n) is 3.16. The molecule has 1 N–H and O–H groups in total. The summed E-state index contributed by atoms with van der Waals surface area (Å²) in [5, 5.41) is 5.47. The van der Waals surface area contributed by atoms with Gasteiger partial charge in [-0.25, -0.2) is 4.98 Å². The Bertz CT molecular complexity index is 936. The lowest BCUT2D eigenvalue weighted by Gasteiger charge is -2.10. The Labute approximate surface area is 164 Å². The van der Waals surface area contributed by atoms with E-state index >= 15 is 0 Å². The molecule has 140 valence electrons. The minimum atomic E-state index is -0.177. The third-order valence-electron chi connectivity index (χ3n) is 4.15. The van der Waals surface area contributed by atoms with E-state index < -0.39 is 0 Å². The molecule has 0 radical (unpaired) electrons. The van der Waals surface area contributed by atoms with E-state index in [1.54, 1.807) is 24.3 Å². The Balaban J connectivity index is 1.75. The maximum absolute atomic E-state index is 12.5. The van der Waals surface area contributed by atoms with E-state index in [1.165, 1.54) is 28.0 Å². The number of amides is 1. The number of nitrogens with zero attached hydrogens (tertiary/aromatic N) is 1. The first-order valence-corrected chi connectivity index (χ1v) is 9.83. The summed E-state index contributed by atoms with van der Waals surface area (Å²) in [6, 6.07) is 11.4. The van der Waals surface area contributed by atoms with E-state index in [1.807, 2.05) is 19.2 Å². The Morgan fingerprint density at radius 1 is 1.07 bits per heavy atom. The molecule has 0 spiro atoms. The topological polar surface area (TPSA) is 51.2 Å². The highest BCUT2D eigenvalue weighted by Gasteiger charge is 2.13. The number of hydrogen-bond donors (Lipinski definition) is 1. The SMILES string of the molecule is Cc1cc(C)c(-c2csc(NC(=O)c3ccc(OC(C)C)cc3)n2)c(C)c1. The van der Waals surface area contributed by atoms with Crippen molar-refractivity contribution in [1.29, 1.82) is 0 Å². The highest BCUT2D eigenvalue weighted by molar-refractivity contribution is 7.14. The minimum absolute atomic E-state index is 0.104. The number of nitrogens with one attached hydrogen (secondary N) is 1. The lowest BCUT2D eigenvalue weighted by Crippen LogP contribution is -2.12. The molecule has 0 aliphatic rings. The molecule has 1 heterocycles. The van der Waals surface area contributed by atoms with Gasteiger partial charge in [0.1, 0.15) is 5.75 Å². The zero-order valence-electron chi connectivity index (χ0n) is 16.3. The molecule has 0 unspecified atom stereocenters. The van der Waals surface area contributed by atoms with Crippen molar-refractivity contribution in [3.05, 3.63) is 64.0 Å². The number of rotatable bonds is 5. The lowest BCUT2D eigenvalue weighted by atomic mass is 9.98. The summed E-state index contributed by atoms with van der Waals surface area (Å²) in [7, 11) is 0. The number of carbonyl (C=O) groups is 1. The molecule has 27 heavy (non-hydrogen) atoms. The molecule has 0 saturated carbocycles. The van der Waals surface area contributed by atoms with Crippen molar-refractivity contribution in [2.45, 2.75) is 40.7 Å². The van der Waals surface area contributed by atoms with Crippen LogP contribution in [0, 0.1) is 20.8 Å². The summed E-state index contributed by atoms with van der Waals surface area (Å²) in [5.41, 5.74) is 6.22. The molecule has 0 aliphatic carbocycles. The molecule has 3 aromatic rings. The van der Waals surface area contributed by atoms with Gasteiger partial charge in [0.25, 0.3) is 5.91 Å². The molecule has 1 aromatic heterocycles. The highest BCUT2D eigenvalue weighted by Crippen LogP contribution is 2.31. The molecule has 0 bridgehead atoms. The van der Waals surface area contributed by atoms with Gasteiger partial charge in [-0.1, -0.05) is 17.7 Å². The van der Waals surface area contributed by atoms with Crippen molar-refractivity contribution >= 4 is 22.4 Å². The van der Waals surface area contributed by atoms with Gasteiger partial charge >= 0.3 is 0 Å². The van der Waals surface area contributed by atoms with Crippen LogP contribution in [0.2, 0.25) is 0 Å². The maximum atomic E-state index is 12.5. The monoisotopic (exact) mass is 380 g/mol. The summed E-state index contributed by atoms with van der Waals surface area (Å²) < 4.78 is 5.61. The lowest BCUT2D eigenvalue weighted by molar-refractivity contribution is 0.102. The predicted octanol–water partition coefficient (Wildman–Crippen LogP) is 5.77. The summed E-state index contributed by atoms with van der Waals surface area (Å²) in [6.07, 6.45) is 0.104. The van der Waals surface area contributed by atoms with Crippen molar-refractivity contribution in [2.24, 2.45) is 0 Å². The Hall–Kier alpha value is -2.66. The molecule has 0 fully saturated rings. The number of anilines is 1. The van der Waals surface area contributed by atoms with Crippen LogP contribution in [-0.2, 0) is 0 Å². The minimum Gasteiger partial charge on any atom is -0.491 e. The molecule has 4 nitrogen and oxygen atoms in total. The Morgan fingerprint density at radius 2 is 1.70 bits per heavy atom. The van der Waals surface area contributed by atoms with Crippen molar-refractivity contribution in [3.8, 4) is 17.0 Å². The fraction of sp³-hybridized carbons (Fsp3) is 0.273. The molecule has 0 saturated heterocycles. The molecule has 2 aromatic carbocycles. The smallest absolute Gasteiger partial charge is 0.257 e. The molecular formula is C22H24N2O2S. The maximum Gasteiger partial charge on any atom is 0.257 e. The number of benzene rings is 2. The van der Waals surface area contributed by atoms with Gasteiger partial charge in [0.2, 0.25) is 0 Å². The van der Waals surface area contributed by atoms with E-state index in [0.717, 1.165) is 17.0 Å². The summed E-state index contributed by atoms with van der Waals surface area (Å²) in [6.45, 7) is 10.2. The van der Waals surface area contributed by atoms with Crippen LogP contribution >= 0.6 is 11.3 Å². The zero-order chi connectivity index (χ0) is 19.6. The van der Waals surface area contributed by atoms with Gasteiger partial charge in [0.15, 0.2) is 5.13 Å². The van der Waals surface area contributed by atoms with E-state index in [9.17, 15) is 4.79 Å². The van der Waals surface area contributed by atoms with Crippen molar-refractivity contribution < 1.29 is 9.53 Å². The van der Waals surface area contributed by atoms with Crippen LogP contribution in [0.1, 0.15) is 40.9 Å². The molecule has 0 aliphatic heterocycles. The van der Waals surface area contributed by atoms with Gasteiger partial charge in [-0.15, -0.1) is 11.3 Å². The standard InChI is InChI=1S/C22H24N2O2S/c1-13(2)26-18-8-6-17(7-9-18)21(25)24-22-23-19(12-27-22)20-15(4)10-14(3)11-16(20)5/h6-13H,1-5H3,(H,23,24,25). The van der Waals surface area contributed by atoms with Crippen LogP contribution in [0.4, 0.5) is 5.13 Å². The van der Waals surface area contributed by atoms with Crippen LogP contribution in [0.25, 0.3) is 11.3 Å². The van der Waals surface area contributed by atoms with Crippen LogP contribution in [0.3, 0.4) is 0 Å². The van der Waals surface area contributed by atoms with Crippen molar-refractivity contribution in [2.75, 3.05) is 5.32 Å². The number of ether oxygens (including phenoxy) is 1. The normalized spacial score (nSPS) is 10.9. The third kappa shape index (κ3) is 4.55. The molecule has 3 rings (SSSR count). The summed E-state index contributed by atoms with van der Waals surface area (Å²) >= 11 is 1.43. The number of hydrogen-bond acceptors (Lipinski definition) is 4. The average molecular weight is 381 g/mol. The van der Waals surface area contributed by atoms with Gasteiger partial charge in [0, 0.05) is 16.5 Å². The molecule has 0 atom stereocenters. The van der Waals surface area contributed by atoms with Crippen LogP contribution in [0.5, 0.6) is 5.75 Å². The van der Waals surface area contributed by atoms with Crippen LogP contribution in [-0.4, -0.2) is 17.0 Å². The number of thiazole rings is 1. The molecular weight excluding hydrogens is 356 g/mol. The molecule has 5 heteroatoms. The van der Waals surface area contributed by atoms with E-state index in [0.29, 0.717) is 10.7 Å². The van der Waals surface area contributed by atoms with Gasteiger partial charge in [-0.2, -0.15) is 0 Å². The molecule has 1 amide bonds. The second-order valence-electron chi connectivity index (χ2n) is 6.96. The Kier molecular flexibility index (Phi) is 5.61. The first-order valence-electron chi connectivity index (χ1n) is 8.95. The number of carbonyl (C=O) groups excluding carboxylic acids is 1. The largest absolute Gasteiger partial charge is 0.491 e. The van der Waals surface area contributed by atoms with E-state index in [2.05, 4.69) is 43.2 Å². The van der Waals surface area contributed by atoms with Crippen molar-refractivity contribution in [3.63, 3.8) is 0 Å². The summed E-state index contributed by atoms with van der Waals surface area (Å²) in [4.78, 5) is 17.1.